The van der Waals surface area contributed by atoms with E-state index < -0.39 is 18.3 Å². The van der Waals surface area contributed by atoms with Gasteiger partial charge in [0.2, 0.25) is 6.79 Å². The van der Waals surface area contributed by atoms with Crippen molar-refractivity contribution in [3.63, 3.8) is 0 Å². The fourth-order valence-electron chi connectivity index (χ4n) is 1.67. The summed E-state index contributed by atoms with van der Waals surface area (Å²) in [6.07, 6.45) is 0. The van der Waals surface area contributed by atoms with E-state index in [2.05, 4.69) is 15.9 Å². The average Bonchev–Trinajstić information content (AvgIpc) is 2.73. The summed E-state index contributed by atoms with van der Waals surface area (Å²) in [6, 6.07) is 3.47. The van der Waals surface area contributed by atoms with Gasteiger partial charge in [-0.05, 0) is 39.8 Å². The van der Waals surface area contributed by atoms with E-state index in [1.165, 1.54) is 0 Å². The first-order valence-corrected chi connectivity index (χ1v) is 7.08. The number of fused-ring (bicyclic) bond motifs is 1. The van der Waals surface area contributed by atoms with E-state index in [1.54, 1.807) is 39.8 Å². The Bertz CT molecular complexity index is 512. The molecule has 2 rings (SSSR count). The van der Waals surface area contributed by atoms with Crippen LogP contribution in [-0.2, 0) is 4.65 Å². The van der Waals surface area contributed by atoms with E-state index in [9.17, 15) is 10.1 Å². The van der Waals surface area contributed by atoms with Gasteiger partial charge in [0.15, 0.2) is 11.5 Å². The lowest BCUT2D eigenvalue weighted by Gasteiger charge is -2.38. The maximum Gasteiger partial charge on any atom is 0.495 e. The minimum atomic E-state index is -1.23. The van der Waals surface area contributed by atoms with Crippen molar-refractivity contribution in [3.05, 3.63) is 16.6 Å². The van der Waals surface area contributed by atoms with Gasteiger partial charge in [-0.15, -0.1) is 0 Å². The Morgan fingerprint density at radius 2 is 1.90 bits per heavy atom. The van der Waals surface area contributed by atoms with Gasteiger partial charge in [0, 0.05) is 9.94 Å². The van der Waals surface area contributed by atoms with Crippen LogP contribution in [0.4, 0.5) is 0 Å². The van der Waals surface area contributed by atoms with Crippen LogP contribution in [0.25, 0.3) is 0 Å². The molecule has 0 aromatic heterocycles. The van der Waals surface area contributed by atoms with E-state index in [1.807, 2.05) is 0 Å². The summed E-state index contributed by atoms with van der Waals surface area (Å²) in [7, 11) is -1.23. The van der Waals surface area contributed by atoms with E-state index in [-0.39, 0.29) is 6.79 Å². The molecule has 0 atom stereocenters. The lowest BCUT2D eigenvalue weighted by Crippen LogP contribution is -2.53. The molecule has 1 aliphatic heterocycles. The molecule has 0 unspecified atom stereocenters. The largest absolute Gasteiger partial charge is 0.495 e. The number of hydrogen-bond donors (Lipinski definition) is 2. The van der Waals surface area contributed by atoms with E-state index in [0.717, 1.165) is 4.47 Å². The van der Waals surface area contributed by atoms with E-state index in [4.69, 9.17) is 14.1 Å². The number of ether oxygens (including phenoxy) is 2. The van der Waals surface area contributed by atoms with Crippen molar-refractivity contribution < 1.29 is 24.3 Å². The third-order valence-corrected chi connectivity index (χ3v) is 4.07. The van der Waals surface area contributed by atoms with Crippen molar-refractivity contribution in [2.75, 3.05) is 6.79 Å². The molecular formula is C13H18BBrO5. The highest BCUT2D eigenvalue weighted by atomic mass is 79.9. The molecule has 20 heavy (non-hydrogen) atoms. The number of halogens is 1. The SMILES string of the molecule is CC(C)(O)C(C)(C)OB(O)c1cc(Br)cc2c1OCO2. The van der Waals surface area contributed by atoms with Gasteiger partial charge in [0.05, 0.1) is 11.2 Å². The second-order valence-corrected chi connectivity index (χ2v) is 6.68. The fourth-order valence-corrected chi connectivity index (χ4v) is 2.13. The molecule has 5 nitrogen and oxygen atoms in total. The first-order valence-electron chi connectivity index (χ1n) is 6.29. The lowest BCUT2D eigenvalue weighted by molar-refractivity contribution is -0.0983. The topological polar surface area (TPSA) is 68.2 Å². The van der Waals surface area contributed by atoms with Gasteiger partial charge in [0.1, 0.15) is 0 Å². The quantitative estimate of drug-likeness (QED) is 0.809. The zero-order valence-electron chi connectivity index (χ0n) is 11.9. The van der Waals surface area contributed by atoms with Crippen molar-refractivity contribution in [2.45, 2.75) is 38.9 Å². The van der Waals surface area contributed by atoms with Gasteiger partial charge in [-0.25, -0.2) is 0 Å². The molecule has 7 heteroatoms. The molecule has 0 saturated heterocycles. The van der Waals surface area contributed by atoms with Crippen LogP contribution in [0.2, 0.25) is 0 Å². The van der Waals surface area contributed by atoms with Crippen LogP contribution in [0.1, 0.15) is 27.7 Å². The molecule has 0 saturated carbocycles. The van der Waals surface area contributed by atoms with Gasteiger partial charge in [-0.1, -0.05) is 15.9 Å². The van der Waals surface area contributed by atoms with Crippen molar-refractivity contribution >= 4 is 28.5 Å². The predicted octanol–water partition coefficient (Wildman–Crippen LogP) is 1.43. The fraction of sp³-hybridized carbons (Fsp3) is 0.538. The standard InChI is InChI=1S/C13H18BBrO5/c1-12(2,16)13(3,4)20-14(17)9-5-8(15)6-10-11(9)19-7-18-10/h5-6,16-17H,7H2,1-4H3. The van der Waals surface area contributed by atoms with Crippen LogP contribution < -0.4 is 14.9 Å². The number of rotatable bonds is 4. The summed E-state index contributed by atoms with van der Waals surface area (Å²) >= 11 is 3.35. The van der Waals surface area contributed by atoms with E-state index in [0.29, 0.717) is 17.0 Å². The number of benzene rings is 1. The van der Waals surface area contributed by atoms with Crippen LogP contribution in [-0.4, -0.2) is 35.2 Å². The van der Waals surface area contributed by atoms with Crippen molar-refractivity contribution in [1.29, 1.82) is 0 Å². The van der Waals surface area contributed by atoms with Crippen LogP contribution in [0.3, 0.4) is 0 Å². The highest BCUT2D eigenvalue weighted by Crippen LogP contribution is 2.34. The molecule has 2 N–H and O–H groups in total. The molecule has 1 aromatic rings. The average molecular weight is 345 g/mol. The highest BCUT2D eigenvalue weighted by Gasteiger charge is 2.41. The van der Waals surface area contributed by atoms with Crippen molar-refractivity contribution in [1.82, 2.24) is 0 Å². The summed E-state index contributed by atoms with van der Waals surface area (Å²) < 4.78 is 17.0. The Morgan fingerprint density at radius 1 is 1.25 bits per heavy atom. The first kappa shape index (κ1) is 15.6. The predicted molar refractivity (Wildman–Crippen MR) is 79.3 cm³/mol. The molecule has 110 valence electrons. The summed E-state index contributed by atoms with van der Waals surface area (Å²) in [4.78, 5) is 0. The van der Waals surface area contributed by atoms with Gasteiger partial charge < -0.3 is 24.3 Å². The van der Waals surface area contributed by atoms with Crippen molar-refractivity contribution in [2.24, 2.45) is 0 Å². The lowest BCUT2D eigenvalue weighted by atomic mass is 9.76. The maximum atomic E-state index is 10.3. The summed E-state index contributed by atoms with van der Waals surface area (Å²) in [5.74, 6) is 1.02. The molecule has 0 aliphatic carbocycles. The molecule has 0 amide bonds. The second-order valence-electron chi connectivity index (χ2n) is 5.77. The van der Waals surface area contributed by atoms with Gasteiger partial charge in [0.25, 0.3) is 0 Å². The maximum absolute atomic E-state index is 10.3. The summed E-state index contributed by atoms with van der Waals surface area (Å²) in [6.45, 7) is 6.80. The van der Waals surface area contributed by atoms with Crippen LogP contribution in [0.15, 0.2) is 16.6 Å². The molecule has 1 aromatic carbocycles. The smallest absolute Gasteiger partial charge is 0.454 e. The Balaban J connectivity index is 2.29. The monoisotopic (exact) mass is 344 g/mol. The minimum absolute atomic E-state index is 0.112. The first-order chi connectivity index (χ1) is 9.12. The zero-order chi connectivity index (χ0) is 15.1. The zero-order valence-corrected chi connectivity index (χ0v) is 13.5. The van der Waals surface area contributed by atoms with Crippen LogP contribution >= 0.6 is 15.9 Å². The second kappa shape index (κ2) is 5.22. The third kappa shape index (κ3) is 2.95. The van der Waals surface area contributed by atoms with Gasteiger partial charge in [-0.3, -0.25) is 0 Å². The molecule has 0 bridgehead atoms. The van der Waals surface area contributed by atoms with Gasteiger partial charge in [-0.2, -0.15) is 0 Å². The Hall–Kier alpha value is -0.755. The summed E-state index contributed by atoms with van der Waals surface area (Å²) in [5, 5.41) is 20.4. The van der Waals surface area contributed by atoms with E-state index >= 15 is 0 Å². The van der Waals surface area contributed by atoms with Gasteiger partial charge >= 0.3 is 7.12 Å². The molecule has 0 radical (unpaired) electrons. The van der Waals surface area contributed by atoms with Crippen LogP contribution in [0.5, 0.6) is 11.5 Å². The highest BCUT2D eigenvalue weighted by molar-refractivity contribution is 9.10. The molecule has 0 fully saturated rings. The number of hydrogen-bond acceptors (Lipinski definition) is 5. The minimum Gasteiger partial charge on any atom is -0.454 e. The Morgan fingerprint density at radius 3 is 2.50 bits per heavy atom. The third-order valence-electron chi connectivity index (χ3n) is 3.61. The number of aliphatic hydroxyl groups is 1. The molecule has 1 aliphatic rings. The Labute approximate surface area is 127 Å². The normalized spacial score (nSPS) is 14.6. The molecule has 1 heterocycles. The summed E-state index contributed by atoms with van der Waals surface area (Å²) in [5.41, 5.74) is -1.59. The Kier molecular flexibility index (Phi) is 4.08. The van der Waals surface area contributed by atoms with Crippen LogP contribution in [0, 0.1) is 0 Å². The molecule has 0 spiro atoms. The molecular weight excluding hydrogens is 327 g/mol. The van der Waals surface area contributed by atoms with Crippen molar-refractivity contribution in [3.8, 4) is 11.5 Å².